The van der Waals surface area contributed by atoms with Crippen LogP contribution in [0.5, 0.6) is 0 Å². The third-order valence-corrected chi connectivity index (χ3v) is 5.08. The van der Waals surface area contributed by atoms with Crippen LogP contribution in [0.1, 0.15) is 38.5 Å². The maximum absolute atomic E-state index is 12.2. The Bertz CT molecular complexity index is 772. The van der Waals surface area contributed by atoms with Gasteiger partial charge in [0.05, 0.1) is 22.5 Å². The van der Waals surface area contributed by atoms with Gasteiger partial charge in [0.1, 0.15) is 0 Å². The Balaban J connectivity index is 1.75. The molecule has 0 aromatic heterocycles. The van der Waals surface area contributed by atoms with Crippen LogP contribution >= 0.6 is 23.2 Å². The smallest absolute Gasteiger partial charge is 0.307 e. The fraction of sp³-hybridized carbons (Fsp3) is 0.444. The highest BCUT2D eigenvalue weighted by Gasteiger charge is 2.35. The molecule has 0 unspecified atom stereocenters. The highest BCUT2D eigenvalue weighted by Crippen LogP contribution is 2.30. The predicted octanol–water partition coefficient (Wildman–Crippen LogP) is 2.75. The molecule has 0 saturated heterocycles. The SMILES string of the molecule is O=C(CCC(=O)Nc1ccc(Cl)cc1Cl)NNC(=O)[C@@H]1CCCC[C@H]1C(=O)O. The van der Waals surface area contributed by atoms with Gasteiger partial charge in [-0.3, -0.25) is 30.0 Å². The summed E-state index contributed by atoms with van der Waals surface area (Å²) in [5.74, 6) is -3.96. The van der Waals surface area contributed by atoms with Crippen molar-refractivity contribution in [3.05, 3.63) is 28.2 Å². The number of hydrazine groups is 1. The molecule has 1 aromatic carbocycles. The molecule has 28 heavy (non-hydrogen) atoms. The highest BCUT2D eigenvalue weighted by molar-refractivity contribution is 6.36. The van der Waals surface area contributed by atoms with Crippen LogP contribution in [-0.2, 0) is 19.2 Å². The van der Waals surface area contributed by atoms with Crippen molar-refractivity contribution in [1.82, 2.24) is 10.9 Å². The van der Waals surface area contributed by atoms with Crippen LogP contribution in [0, 0.1) is 11.8 Å². The van der Waals surface area contributed by atoms with Crippen molar-refractivity contribution in [3.63, 3.8) is 0 Å². The van der Waals surface area contributed by atoms with Gasteiger partial charge in [0, 0.05) is 17.9 Å². The van der Waals surface area contributed by atoms with Gasteiger partial charge >= 0.3 is 5.97 Å². The van der Waals surface area contributed by atoms with Gasteiger partial charge in [0.15, 0.2) is 0 Å². The van der Waals surface area contributed by atoms with Crippen LogP contribution in [0.2, 0.25) is 10.0 Å². The van der Waals surface area contributed by atoms with E-state index in [1.807, 2.05) is 0 Å². The van der Waals surface area contributed by atoms with Crippen molar-refractivity contribution in [2.24, 2.45) is 11.8 Å². The van der Waals surface area contributed by atoms with E-state index < -0.39 is 35.5 Å². The first-order valence-corrected chi connectivity index (χ1v) is 9.60. The van der Waals surface area contributed by atoms with E-state index in [-0.39, 0.29) is 17.9 Å². The molecule has 0 aliphatic heterocycles. The Kier molecular flexibility index (Phi) is 8.07. The monoisotopic (exact) mass is 429 g/mol. The molecule has 1 aliphatic carbocycles. The quantitative estimate of drug-likeness (QED) is 0.517. The molecular formula is C18H21Cl2N3O5. The zero-order valence-electron chi connectivity index (χ0n) is 15.0. The molecule has 1 saturated carbocycles. The Morgan fingerprint density at radius 2 is 1.61 bits per heavy atom. The zero-order chi connectivity index (χ0) is 20.7. The summed E-state index contributed by atoms with van der Waals surface area (Å²) in [6.07, 6.45) is 2.15. The second kappa shape index (κ2) is 10.3. The molecule has 0 spiro atoms. The van der Waals surface area contributed by atoms with E-state index in [9.17, 15) is 24.3 Å². The van der Waals surface area contributed by atoms with Crippen molar-refractivity contribution < 1.29 is 24.3 Å². The molecule has 0 heterocycles. The fourth-order valence-electron chi connectivity index (χ4n) is 3.06. The number of carboxylic acid groups (broad SMARTS) is 1. The molecule has 10 heteroatoms. The third-order valence-electron chi connectivity index (χ3n) is 4.53. The number of anilines is 1. The van der Waals surface area contributed by atoms with Gasteiger partial charge in [-0.25, -0.2) is 0 Å². The standard InChI is InChI=1S/C18H21Cl2N3O5/c19-10-5-6-14(13(20)9-10)21-15(24)7-8-16(25)22-23-17(26)11-3-1-2-4-12(11)18(27)28/h5-6,9,11-12H,1-4,7-8H2,(H,21,24)(H,22,25)(H,23,26)(H,27,28)/t11-,12-/m1/s1. The minimum Gasteiger partial charge on any atom is -0.481 e. The minimum atomic E-state index is -1.01. The summed E-state index contributed by atoms with van der Waals surface area (Å²) in [6.45, 7) is 0. The minimum absolute atomic E-state index is 0.123. The van der Waals surface area contributed by atoms with E-state index >= 15 is 0 Å². The van der Waals surface area contributed by atoms with Crippen molar-refractivity contribution in [1.29, 1.82) is 0 Å². The average Bonchev–Trinajstić information content (AvgIpc) is 2.66. The number of benzene rings is 1. The average molecular weight is 430 g/mol. The highest BCUT2D eigenvalue weighted by atomic mass is 35.5. The van der Waals surface area contributed by atoms with Gasteiger partial charge in [-0.2, -0.15) is 0 Å². The van der Waals surface area contributed by atoms with E-state index in [2.05, 4.69) is 16.2 Å². The second-order valence-electron chi connectivity index (χ2n) is 6.55. The molecule has 2 atom stereocenters. The lowest BCUT2D eigenvalue weighted by molar-refractivity contribution is -0.149. The van der Waals surface area contributed by atoms with Crippen LogP contribution in [0.25, 0.3) is 0 Å². The summed E-state index contributed by atoms with van der Waals surface area (Å²) in [5, 5.41) is 12.5. The van der Waals surface area contributed by atoms with Crippen molar-refractivity contribution in [2.75, 3.05) is 5.32 Å². The number of carbonyl (C=O) groups excluding carboxylic acids is 3. The van der Waals surface area contributed by atoms with E-state index in [1.165, 1.54) is 6.07 Å². The zero-order valence-corrected chi connectivity index (χ0v) is 16.5. The van der Waals surface area contributed by atoms with Crippen molar-refractivity contribution >= 4 is 52.6 Å². The summed E-state index contributed by atoms with van der Waals surface area (Å²) in [5.41, 5.74) is 4.86. The Morgan fingerprint density at radius 3 is 2.25 bits per heavy atom. The van der Waals surface area contributed by atoms with E-state index in [4.69, 9.17) is 23.2 Å². The molecular weight excluding hydrogens is 409 g/mol. The number of carbonyl (C=O) groups is 4. The number of hydrogen-bond acceptors (Lipinski definition) is 4. The Hall–Kier alpha value is -2.32. The van der Waals surface area contributed by atoms with Crippen molar-refractivity contribution in [3.8, 4) is 0 Å². The number of aliphatic carboxylic acids is 1. The summed E-state index contributed by atoms with van der Waals surface area (Å²) in [4.78, 5) is 47.2. The first-order valence-electron chi connectivity index (χ1n) is 8.84. The van der Waals surface area contributed by atoms with E-state index in [0.717, 1.165) is 12.8 Å². The van der Waals surface area contributed by atoms with E-state index in [0.29, 0.717) is 23.6 Å². The third kappa shape index (κ3) is 6.38. The molecule has 152 valence electrons. The van der Waals surface area contributed by atoms with Crippen LogP contribution < -0.4 is 16.2 Å². The molecule has 8 nitrogen and oxygen atoms in total. The lowest BCUT2D eigenvalue weighted by Crippen LogP contribution is -2.48. The van der Waals surface area contributed by atoms with E-state index in [1.54, 1.807) is 12.1 Å². The maximum Gasteiger partial charge on any atom is 0.307 e. The van der Waals surface area contributed by atoms with Gasteiger partial charge in [-0.1, -0.05) is 36.0 Å². The predicted molar refractivity (Wildman–Crippen MR) is 104 cm³/mol. The van der Waals surface area contributed by atoms with Gasteiger partial charge in [-0.15, -0.1) is 0 Å². The Morgan fingerprint density at radius 1 is 0.964 bits per heavy atom. The van der Waals surface area contributed by atoms with Crippen LogP contribution in [0.15, 0.2) is 18.2 Å². The molecule has 3 amide bonds. The lowest BCUT2D eigenvalue weighted by atomic mass is 9.79. The number of nitrogens with one attached hydrogen (secondary N) is 3. The fourth-order valence-corrected chi connectivity index (χ4v) is 3.51. The van der Waals surface area contributed by atoms with Gasteiger partial charge in [-0.05, 0) is 31.0 Å². The summed E-state index contributed by atoms with van der Waals surface area (Å²) < 4.78 is 0. The first kappa shape index (κ1) is 22.0. The topological polar surface area (TPSA) is 125 Å². The summed E-state index contributed by atoms with van der Waals surface area (Å²) in [6, 6.07) is 4.60. The number of hydrogen-bond donors (Lipinski definition) is 4. The van der Waals surface area contributed by atoms with Gasteiger partial charge < -0.3 is 10.4 Å². The lowest BCUT2D eigenvalue weighted by Gasteiger charge is -2.27. The van der Waals surface area contributed by atoms with Crippen molar-refractivity contribution in [2.45, 2.75) is 38.5 Å². The molecule has 1 fully saturated rings. The number of rotatable bonds is 6. The second-order valence-corrected chi connectivity index (χ2v) is 7.39. The number of carboxylic acids is 1. The maximum atomic E-state index is 12.2. The largest absolute Gasteiger partial charge is 0.481 e. The van der Waals surface area contributed by atoms with Crippen LogP contribution in [0.3, 0.4) is 0 Å². The normalized spacial score (nSPS) is 18.8. The first-order chi connectivity index (χ1) is 13.3. The summed E-state index contributed by atoms with van der Waals surface area (Å²) >= 11 is 11.7. The molecule has 2 rings (SSSR count). The van der Waals surface area contributed by atoms with Crippen LogP contribution in [0.4, 0.5) is 5.69 Å². The Labute approximate surface area is 171 Å². The number of amides is 3. The van der Waals surface area contributed by atoms with Gasteiger partial charge in [0.2, 0.25) is 17.7 Å². The number of halogens is 2. The van der Waals surface area contributed by atoms with Gasteiger partial charge in [0.25, 0.3) is 0 Å². The molecule has 1 aliphatic rings. The van der Waals surface area contributed by atoms with Crippen LogP contribution in [-0.4, -0.2) is 28.8 Å². The molecule has 0 radical (unpaired) electrons. The molecule has 4 N–H and O–H groups in total. The molecule has 0 bridgehead atoms. The summed E-state index contributed by atoms with van der Waals surface area (Å²) in [7, 11) is 0. The molecule has 1 aromatic rings.